The lowest BCUT2D eigenvalue weighted by atomic mass is 10.0. The first-order chi connectivity index (χ1) is 13.4. The summed E-state index contributed by atoms with van der Waals surface area (Å²) in [6.45, 7) is 7.88. The topological polar surface area (TPSA) is 49.4 Å². The van der Waals surface area contributed by atoms with Gasteiger partial charge in [-0.1, -0.05) is 26.0 Å². The lowest BCUT2D eigenvalue weighted by molar-refractivity contribution is 0.0772. The maximum Gasteiger partial charge on any atom is 0.255 e. The maximum atomic E-state index is 12.6. The van der Waals surface area contributed by atoms with E-state index in [-0.39, 0.29) is 11.8 Å². The monoisotopic (exact) mass is 396 g/mol. The first kappa shape index (κ1) is 20.5. The van der Waals surface area contributed by atoms with Gasteiger partial charge < -0.3 is 10.2 Å². The number of nitrogens with one attached hydrogen (secondary N) is 1. The maximum absolute atomic E-state index is 12.6. The van der Waals surface area contributed by atoms with Crippen molar-refractivity contribution in [3.8, 4) is 0 Å². The largest absolute Gasteiger partial charge is 0.337 e. The summed E-state index contributed by atoms with van der Waals surface area (Å²) in [5, 5.41) is 2.97. The molecule has 3 rings (SSSR count). The van der Waals surface area contributed by atoms with Gasteiger partial charge in [-0.25, -0.2) is 0 Å². The van der Waals surface area contributed by atoms with Crippen LogP contribution in [0.25, 0.3) is 0 Å². The molecule has 2 aromatic rings. The molecule has 1 aliphatic heterocycles. The van der Waals surface area contributed by atoms with E-state index in [0.717, 1.165) is 42.3 Å². The highest BCUT2D eigenvalue weighted by molar-refractivity contribution is 7.99. The van der Waals surface area contributed by atoms with Crippen LogP contribution >= 0.6 is 11.8 Å². The minimum absolute atomic E-state index is 0.0713. The lowest BCUT2D eigenvalue weighted by Crippen LogP contribution is -2.37. The van der Waals surface area contributed by atoms with E-state index in [4.69, 9.17) is 0 Å². The average Bonchev–Trinajstić information content (AvgIpc) is 2.69. The van der Waals surface area contributed by atoms with Gasteiger partial charge in [-0.05, 0) is 60.7 Å². The summed E-state index contributed by atoms with van der Waals surface area (Å²) in [6.07, 6.45) is 1.01. The summed E-state index contributed by atoms with van der Waals surface area (Å²) in [5.41, 5.74) is 4.18. The standard InChI is InChI=1S/C23H28N2O2S/c1-16(2)14-18-4-6-19(7-5-18)22(26)24-21-9-8-20(15-17(21)3)23(27)25-10-12-28-13-11-25/h4-9,15-16H,10-14H2,1-3H3,(H,24,26). The van der Waals surface area contributed by atoms with E-state index in [1.165, 1.54) is 5.56 Å². The minimum Gasteiger partial charge on any atom is -0.337 e. The van der Waals surface area contributed by atoms with Crippen molar-refractivity contribution in [2.24, 2.45) is 5.92 Å². The van der Waals surface area contributed by atoms with Crippen LogP contribution in [-0.2, 0) is 6.42 Å². The summed E-state index contributed by atoms with van der Waals surface area (Å²) < 4.78 is 0. The highest BCUT2D eigenvalue weighted by Crippen LogP contribution is 2.20. The second-order valence-electron chi connectivity index (χ2n) is 7.68. The molecule has 5 heteroatoms. The molecule has 2 aromatic carbocycles. The van der Waals surface area contributed by atoms with Gasteiger partial charge in [0.05, 0.1) is 0 Å². The number of hydrogen-bond donors (Lipinski definition) is 1. The number of carbonyl (C=O) groups excluding carboxylic acids is 2. The van der Waals surface area contributed by atoms with Crippen molar-refractivity contribution >= 4 is 29.3 Å². The zero-order valence-electron chi connectivity index (χ0n) is 16.8. The van der Waals surface area contributed by atoms with Gasteiger partial charge in [0, 0.05) is 41.4 Å². The molecule has 4 nitrogen and oxygen atoms in total. The predicted molar refractivity (Wildman–Crippen MR) is 117 cm³/mol. The van der Waals surface area contributed by atoms with E-state index in [2.05, 4.69) is 19.2 Å². The minimum atomic E-state index is -0.133. The molecule has 0 radical (unpaired) electrons. The highest BCUT2D eigenvalue weighted by Gasteiger charge is 2.19. The van der Waals surface area contributed by atoms with E-state index in [9.17, 15) is 9.59 Å². The Morgan fingerprint density at radius 3 is 2.29 bits per heavy atom. The molecule has 1 fully saturated rings. The molecule has 0 aliphatic carbocycles. The van der Waals surface area contributed by atoms with Crippen LogP contribution in [0.15, 0.2) is 42.5 Å². The predicted octanol–water partition coefficient (Wildman–Crippen LogP) is 4.63. The molecule has 0 saturated carbocycles. The number of thioether (sulfide) groups is 1. The van der Waals surface area contributed by atoms with Crippen molar-refractivity contribution in [1.82, 2.24) is 4.90 Å². The van der Waals surface area contributed by atoms with Crippen molar-refractivity contribution in [3.05, 3.63) is 64.7 Å². The number of anilines is 1. The van der Waals surface area contributed by atoms with Gasteiger partial charge in [0.1, 0.15) is 0 Å². The summed E-state index contributed by atoms with van der Waals surface area (Å²) in [6, 6.07) is 13.3. The number of amides is 2. The Kier molecular flexibility index (Phi) is 6.79. The van der Waals surface area contributed by atoms with Crippen LogP contribution in [0, 0.1) is 12.8 Å². The fraction of sp³-hybridized carbons (Fsp3) is 0.391. The summed E-state index contributed by atoms with van der Waals surface area (Å²) >= 11 is 1.88. The van der Waals surface area contributed by atoms with Crippen molar-refractivity contribution in [1.29, 1.82) is 0 Å². The molecule has 0 bridgehead atoms. The Morgan fingerprint density at radius 1 is 1.04 bits per heavy atom. The molecule has 148 valence electrons. The smallest absolute Gasteiger partial charge is 0.255 e. The van der Waals surface area contributed by atoms with Gasteiger partial charge in [0.25, 0.3) is 11.8 Å². The summed E-state index contributed by atoms with van der Waals surface area (Å²) in [5.74, 6) is 2.52. The summed E-state index contributed by atoms with van der Waals surface area (Å²) in [4.78, 5) is 27.1. The number of aryl methyl sites for hydroxylation is 1. The summed E-state index contributed by atoms with van der Waals surface area (Å²) in [7, 11) is 0. The zero-order valence-corrected chi connectivity index (χ0v) is 17.6. The van der Waals surface area contributed by atoms with Crippen molar-refractivity contribution in [3.63, 3.8) is 0 Å². The van der Waals surface area contributed by atoms with Crippen LogP contribution in [-0.4, -0.2) is 41.3 Å². The normalized spacial score (nSPS) is 14.2. The SMILES string of the molecule is Cc1cc(C(=O)N2CCSCC2)ccc1NC(=O)c1ccc(CC(C)C)cc1. The molecular formula is C23H28N2O2S. The van der Waals surface area contributed by atoms with E-state index in [1.54, 1.807) is 6.07 Å². The Bertz CT molecular complexity index is 840. The number of rotatable bonds is 5. The van der Waals surface area contributed by atoms with Crippen molar-refractivity contribution < 1.29 is 9.59 Å². The van der Waals surface area contributed by atoms with E-state index in [1.807, 2.05) is 60.0 Å². The molecule has 0 atom stereocenters. The molecular weight excluding hydrogens is 368 g/mol. The zero-order chi connectivity index (χ0) is 20.1. The molecule has 28 heavy (non-hydrogen) atoms. The second-order valence-corrected chi connectivity index (χ2v) is 8.91. The first-order valence-electron chi connectivity index (χ1n) is 9.82. The Morgan fingerprint density at radius 2 is 1.68 bits per heavy atom. The third-order valence-electron chi connectivity index (χ3n) is 4.88. The average molecular weight is 397 g/mol. The van der Waals surface area contributed by atoms with Crippen molar-refractivity contribution in [2.75, 3.05) is 29.9 Å². The molecule has 1 heterocycles. The lowest BCUT2D eigenvalue weighted by Gasteiger charge is -2.26. The molecule has 1 aliphatic rings. The third kappa shape index (κ3) is 5.16. The molecule has 0 unspecified atom stereocenters. The fourth-order valence-electron chi connectivity index (χ4n) is 3.34. The Balaban J connectivity index is 1.67. The molecule has 0 aromatic heterocycles. The molecule has 1 saturated heterocycles. The van der Waals surface area contributed by atoms with Gasteiger partial charge in [0.15, 0.2) is 0 Å². The number of carbonyl (C=O) groups is 2. The van der Waals surface area contributed by atoms with Crippen LogP contribution in [0.2, 0.25) is 0 Å². The number of hydrogen-bond acceptors (Lipinski definition) is 3. The van der Waals surface area contributed by atoms with Gasteiger partial charge in [-0.2, -0.15) is 11.8 Å². The first-order valence-corrected chi connectivity index (χ1v) is 11.0. The Hall–Kier alpha value is -2.27. The van der Waals surface area contributed by atoms with Crippen LogP contribution in [0.1, 0.15) is 45.7 Å². The number of benzene rings is 2. The van der Waals surface area contributed by atoms with Crippen molar-refractivity contribution in [2.45, 2.75) is 27.2 Å². The Labute approximate surface area is 171 Å². The van der Waals surface area contributed by atoms with Crippen LogP contribution in [0.5, 0.6) is 0 Å². The second kappa shape index (κ2) is 9.28. The quantitative estimate of drug-likeness (QED) is 0.801. The van der Waals surface area contributed by atoms with E-state index < -0.39 is 0 Å². The van der Waals surface area contributed by atoms with Gasteiger partial charge in [-0.3, -0.25) is 9.59 Å². The van der Waals surface area contributed by atoms with E-state index in [0.29, 0.717) is 17.0 Å². The molecule has 2 amide bonds. The van der Waals surface area contributed by atoms with E-state index >= 15 is 0 Å². The fourth-order valence-corrected chi connectivity index (χ4v) is 4.25. The van der Waals surface area contributed by atoms with Crippen LogP contribution in [0.4, 0.5) is 5.69 Å². The van der Waals surface area contributed by atoms with Gasteiger partial charge in [0.2, 0.25) is 0 Å². The van der Waals surface area contributed by atoms with Crippen LogP contribution in [0.3, 0.4) is 0 Å². The van der Waals surface area contributed by atoms with Crippen LogP contribution < -0.4 is 5.32 Å². The highest BCUT2D eigenvalue weighted by atomic mass is 32.2. The number of nitrogens with zero attached hydrogens (tertiary/aromatic N) is 1. The van der Waals surface area contributed by atoms with Gasteiger partial charge >= 0.3 is 0 Å². The third-order valence-corrected chi connectivity index (χ3v) is 5.82. The molecule has 0 spiro atoms. The van der Waals surface area contributed by atoms with Gasteiger partial charge in [-0.15, -0.1) is 0 Å². The molecule has 1 N–H and O–H groups in total.